The Kier molecular flexibility index (Phi) is 4.65. The van der Waals surface area contributed by atoms with E-state index in [9.17, 15) is 9.50 Å². The second-order valence-corrected chi connectivity index (χ2v) is 6.08. The summed E-state index contributed by atoms with van der Waals surface area (Å²) in [6.07, 6.45) is 2.52. The summed E-state index contributed by atoms with van der Waals surface area (Å²) >= 11 is 0. The van der Waals surface area contributed by atoms with Crippen LogP contribution < -0.4 is 0 Å². The molecule has 3 nitrogen and oxygen atoms in total. The van der Waals surface area contributed by atoms with E-state index in [2.05, 4.69) is 11.1 Å². The van der Waals surface area contributed by atoms with Gasteiger partial charge in [-0.15, -0.1) is 0 Å². The molecule has 2 aromatic carbocycles. The van der Waals surface area contributed by atoms with Crippen LogP contribution in [-0.4, -0.2) is 22.3 Å². The standard InChI is InChI=1S/C20H21FN2O/c1-14-13-23(11-10-16-6-5-7-17(21)12-16)20(22-15(14)2)18-8-3-4-9-19(18)24/h3-9,12-13,20,24H,10-11H2,1-2H3. The van der Waals surface area contributed by atoms with Crippen molar-refractivity contribution in [3.05, 3.63) is 77.2 Å². The van der Waals surface area contributed by atoms with Gasteiger partial charge in [-0.05, 0) is 49.6 Å². The van der Waals surface area contributed by atoms with E-state index in [1.165, 1.54) is 6.07 Å². The highest BCUT2D eigenvalue weighted by molar-refractivity contribution is 5.98. The van der Waals surface area contributed by atoms with Crippen molar-refractivity contribution in [3.8, 4) is 5.75 Å². The van der Waals surface area contributed by atoms with Crippen LogP contribution in [0.2, 0.25) is 0 Å². The van der Waals surface area contributed by atoms with Crippen LogP contribution in [-0.2, 0) is 6.42 Å². The molecule has 0 radical (unpaired) electrons. The lowest BCUT2D eigenvalue weighted by molar-refractivity contribution is 0.278. The Bertz CT molecular complexity index is 798. The maximum Gasteiger partial charge on any atom is 0.150 e. The average Bonchev–Trinajstić information content (AvgIpc) is 2.56. The molecule has 4 heteroatoms. The predicted octanol–water partition coefficient (Wildman–Crippen LogP) is 4.45. The lowest BCUT2D eigenvalue weighted by atomic mass is 10.1. The van der Waals surface area contributed by atoms with Gasteiger partial charge in [-0.1, -0.05) is 30.3 Å². The van der Waals surface area contributed by atoms with Gasteiger partial charge in [0, 0.05) is 24.0 Å². The van der Waals surface area contributed by atoms with E-state index in [4.69, 9.17) is 4.99 Å². The van der Waals surface area contributed by atoms with Crippen LogP contribution in [0.5, 0.6) is 5.75 Å². The van der Waals surface area contributed by atoms with Crippen LogP contribution in [0.4, 0.5) is 4.39 Å². The summed E-state index contributed by atoms with van der Waals surface area (Å²) in [5, 5.41) is 10.2. The summed E-state index contributed by atoms with van der Waals surface area (Å²) in [5.41, 5.74) is 3.79. The second-order valence-electron chi connectivity index (χ2n) is 6.08. The van der Waals surface area contributed by atoms with Gasteiger partial charge in [-0.25, -0.2) is 4.39 Å². The molecule has 24 heavy (non-hydrogen) atoms. The van der Waals surface area contributed by atoms with Gasteiger partial charge in [0.1, 0.15) is 11.6 Å². The molecule has 0 saturated heterocycles. The van der Waals surface area contributed by atoms with Crippen LogP contribution >= 0.6 is 0 Å². The van der Waals surface area contributed by atoms with E-state index in [-0.39, 0.29) is 17.7 Å². The number of phenolic OH excluding ortho intramolecular Hbond substituents is 1. The van der Waals surface area contributed by atoms with Crippen molar-refractivity contribution >= 4 is 5.71 Å². The van der Waals surface area contributed by atoms with Gasteiger partial charge in [0.15, 0.2) is 6.17 Å². The number of hydrogen-bond acceptors (Lipinski definition) is 3. The summed E-state index contributed by atoms with van der Waals surface area (Å²) in [6.45, 7) is 4.69. The Balaban J connectivity index is 1.84. The molecule has 1 aliphatic rings. The van der Waals surface area contributed by atoms with Gasteiger partial charge in [0.2, 0.25) is 0 Å². The monoisotopic (exact) mass is 324 g/mol. The van der Waals surface area contributed by atoms with Gasteiger partial charge in [0.05, 0.1) is 0 Å². The zero-order chi connectivity index (χ0) is 17.1. The topological polar surface area (TPSA) is 35.8 Å². The number of benzene rings is 2. The Labute approximate surface area is 141 Å². The molecule has 1 heterocycles. The second kappa shape index (κ2) is 6.87. The molecule has 1 unspecified atom stereocenters. The molecule has 124 valence electrons. The molecule has 0 aromatic heterocycles. The van der Waals surface area contributed by atoms with E-state index in [1.807, 2.05) is 32.0 Å². The molecule has 0 fully saturated rings. The lowest BCUT2D eigenvalue weighted by Crippen LogP contribution is -2.29. The molecule has 1 atom stereocenters. The highest BCUT2D eigenvalue weighted by atomic mass is 19.1. The number of allylic oxidation sites excluding steroid dienone is 1. The summed E-state index contributed by atoms with van der Waals surface area (Å²) in [4.78, 5) is 6.85. The number of phenols is 1. The molecule has 2 aromatic rings. The SMILES string of the molecule is CC1=CN(CCc2cccc(F)c2)C(c2ccccc2O)N=C1C. The Morgan fingerprint density at radius 2 is 1.92 bits per heavy atom. The van der Waals surface area contributed by atoms with Crippen molar-refractivity contribution in [2.75, 3.05) is 6.54 Å². The van der Waals surface area contributed by atoms with E-state index in [0.717, 1.165) is 22.4 Å². The first-order valence-corrected chi connectivity index (χ1v) is 8.06. The van der Waals surface area contributed by atoms with Crippen LogP contribution in [0.15, 0.2) is 65.3 Å². The minimum Gasteiger partial charge on any atom is -0.508 e. The van der Waals surface area contributed by atoms with Gasteiger partial charge in [0.25, 0.3) is 0 Å². The van der Waals surface area contributed by atoms with Crippen LogP contribution in [0.1, 0.15) is 31.1 Å². The lowest BCUT2D eigenvalue weighted by Gasteiger charge is -2.33. The molecule has 0 amide bonds. The van der Waals surface area contributed by atoms with Crippen LogP contribution in [0.25, 0.3) is 0 Å². The molecule has 1 N–H and O–H groups in total. The predicted molar refractivity (Wildman–Crippen MR) is 94.5 cm³/mol. The van der Waals surface area contributed by atoms with Crippen molar-refractivity contribution in [1.29, 1.82) is 0 Å². The maximum atomic E-state index is 13.4. The number of hydrogen-bond donors (Lipinski definition) is 1. The van der Waals surface area contributed by atoms with Crippen molar-refractivity contribution in [1.82, 2.24) is 4.90 Å². The number of aliphatic imine (C=N–C) groups is 1. The summed E-state index contributed by atoms with van der Waals surface area (Å²) < 4.78 is 13.4. The fraction of sp³-hybridized carbons (Fsp3) is 0.250. The molecular formula is C20H21FN2O. The molecule has 1 aliphatic heterocycles. The normalized spacial score (nSPS) is 17.5. The minimum absolute atomic E-state index is 0.219. The smallest absolute Gasteiger partial charge is 0.150 e. The fourth-order valence-corrected chi connectivity index (χ4v) is 2.86. The molecule has 3 rings (SSSR count). The first-order chi connectivity index (χ1) is 11.5. The average molecular weight is 324 g/mol. The summed E-state index contributed by atoms with van der Waals surface area (Å²) in [7, 11) is 0. The number of aromatic hydroxyl groups is 1. The Morgan fingerprint density at radius 3 is 2.67 bits per heavy atom. The van der Waals surface area contributed by atoms with Crippen molar-refractivity contribution in [2.24, 2.45) is 4.99 Å². The number of halogens is 1. The number of para-hydroxylation sites is 1. The largest absolute Gasteiger partial charge is 0.508 e. The van der Waals surface area contributed by atoms with E-state index >= 15 is 0 Å². The fourth-order valence-electron chi connectivity index (χ4n) is 2.86. The third-order valence-corrected chi connectivity index (χ3v) is 4.32. The van der Waals surface area contributed by atoms with Crippen molar-refractivity contribution in [2.45, 2.75) is 26.4 Å². The highest BCUT2D eigenvalue weighted by Crippen LogP contribution is 2.33. The Morgan fingerprint density at radius 1 is 1.12 bits per heavy atom. The van der Waals surface area contributed by atoms with E-state index in [0.29, 0.717) is 13.0 Å². The van der Waals surface area contributed by atoms with Crippen molar-refractivity contribution in [3.63, 3.8) is 0 Å². The van der Waals surface area contributed by atoms with Gasteiger partial charge >= 0.3 is 0 Å². The zero-order valence-corrected chi connectivity index (χ0v) is 13.9. The van der Waals surface area contributed by atoms with E-state index < -0.39 is 0 Å². The third kappa shape index (κ3) is 3.48. The molecular weight excluding hydrogens is 303 g/mol. The molecule has 0 aliphatic carbocycles. The van der Waals surface area contributed by atoms with Crippen LogP contribution in [0, 0.1) is 5.82 Å². The first kappa shape index (κ1) is 16.2. The third-order valence-electron chi connectivity index (χ3n) is 4.32. The van der Waals surface area contributed by atoms with Crippen LogP contribution in [0.3, 0.4) is 0 Å². The van der Waals surface area contributed by atoms with Crippen molar-refractivity contribution < 1.29 is 9.50 Å². The minimum atomic E-state index is -0.261. The van der Waals surface area contributed by atoms with Gasteiger partial charge < -0.3 is 10.0 Å². The number of rotatable bonds is 4. The quantitative estimate of drug-likeness (QED) is 0.902. The summed E-state index contributed by atoms with van der Waals surface area (Å²) in [5.74, 6) is 0.0201. The van der Waals surface area contributed by atoms with Gasteiger partial charge in [-0.3, -0.25) is 4.99 Å². The zero-order valence-electron chi connectivity index (χ0n) is 13.9. The molecule has 0 saturated carbocycles. The molecule has 0 spiro atoms. The number of nitrogens with zero attached hydrogens (tertiary/aromatic N) is 2. The first-order valence-electron chi connectivity index (χ1n) is 8.06. The molecule has 0 bridgehead atoms. The van der Waals surface area contributed by atoms with E-state index in [1.54, 1.807) is 24.3 Å². The Hall–Kier alpha value is -2.62. The summed E-state index contributed by atoms with van der Waals surface area (Å²) in [6, 6.07) is 13.9. The highest BCUT2D eigenvalue weighted by Gasteiger charge is 2.23. The van der Waals surface area contributed by atoms with Gasteiger partial charge in [-0.2, -0.15) is 0 Å². The maximum absolute atomic E-state index is 13.4.